The maximum atomic E-state index is 15.4. The van der Waals surface area contributed by atoms with E-state index in [1.54, 1.807) is 12.2 Å². The van der Waals surface area contributed by atoms with E-state index >= 15 is 8.78 Å². The molecule has 1 aliphatic carbocycles. The van der Waals surface area contributed by atoms with Crippen LogP contribution in [-0.2, 0) is 6.42 Å². The highest BCUT2D eigenvalue weighted by Gasteiger charge is 2.39. The van der Waals surface area contributed by atoms with Gasteiger partial charge < -0.3 is 4.98 Å². The molecular weight excluding hydrogens is 378 g/mol. The monoisotopic (exact) mass is 404 g/mol. The van der Waals surface area contributed by atoms with Gasteiger partial charge >= 0.3 is 0 Å². The minimum Gasteiger partial charge on any atom is -0.357 e. The van der Waals surface area contributed by atoms with Gasteiger partial charge in [0.25, 0.3) is 0 Å². The fourth-order valence-electron chi connectivity index (χ4n) is 4.80. The number of halogens is 2. The molecular formula is C26H26F2N2. The number of benzene rings is 2. The zero-order valence-electron chi connectivity index (χ0n) is 17.2. The summed E-state index contributed by atoms with van der Waals surface area (Å²) < 4.78 is 30.7. The summed E-state index contributed by atoms with van der Waals surface area (Å²) in [6.07, 6.45) is 7.23. The molecule has 2 nitrogen and oxygen atoms in total. The van der Waals surface area contributed by atoms with Crippen LogP contribution in [-0.4, -0.2) is 22.5 Å². The lowest BCUT2D eigenvalue weighted by atomic mass is 9.87. The number of nitrogens with one attached hydrogen (secondary N) is 1. The van der Waals surface area contributed by atoms with Crippen LogP contribution in [0.4, 0.5) is 8.78 Å². The normalized spacial score (nSPS) is 21.1. The molecule has 1 aromatic heterocycles. The van der Waals surface area contributed by atoms with Gasteiger partial charge in [0.1, 0.15) is 11.6 Å². The van der Waals surface area contributed by atoms with Crippen molar-refractivity contribution in [3.8, 4) is 0 Å². The Morgan fingerprint density at radius 1 is 1.23 bits per heavy atom. The van der Waals surface area contributed by atoms with Crippen molar-refractivity contribution in [1.82, 2.24) is 9.88 Å². The summed E-state index contributed by atoms with van der Waals surface area (Å²) in [4.78, 5) is 5.70. The molecule has 2 atom stereocenters. The van der Waals surface area contributed by atoms with E-state index in [1.165, 1.54) is 17.7 Å². The van der Waals surface area contributed by atoms with Crippen molar-refractivity contribution in [1.29, 1.82) is 0 Å². The maximum absolute atomic E-state index is 15.4. The van der Waals surface area contributed by atoms with E-state index < -0.39 is 17.7 Å². The lowest BCUT2D eigenvalue weighted by Gasteiger charge is -2.41. The molecule has 0 unspecified atom stereocenters. The van der Waals surface area contributed by atoms with Crippen molar-refractivity contribution < 1.29 is 10.2 Å². The highest BCUT2D eigenvalue weighted by atomic mass is 19.1. The van der Waals surface area contributed by atoms with Crippen LogP contribution in [0.3, 0.4) is 0 Å². The third-order valence-corrected chi connectivity index (χ3v) is 6.28. The van der Waals surface area contributed by atoms with E-state index in [0.29, 0.717) is 12.1 Å². The fraction of sp³-hybridized carbons (Fsp3) is 0.269. The summed E-state index contributed by atoms with van der Waals surface area (Å²) in [6, 6.07) is 10.6. The number of hydrogen-bond acceptors (Lipinski definition) is 1. The first-order valence-electron chi connectivity index (χ1n) is 10.5. The molecule has 3 aromatic rings. The van der Waals surface area contributed by atoms with Crippen molar-refractivity contribution >= 4 is 17.0 Å². The number of aromatic amines is 1. The molecule has 1 N–H and O–H groups in total. The predicted octanol–water partition coefficient (Wildman–Crippen LogP) is 6.55. The van der Waals surface area contributed by atoms with E-state index in [4.69, 9.17) is 0 Å². The molecule has 2 aliphatic rings. The topological polar surface area (TPSA) is 19.0 Å². The molecule has 0 radical (unpaired) electrons. The van der Waals surface area contributed by atoms with Crippen LogP contribution < -0.4 is 0 Å². The van der Waals surface area contributed by atoms with Crippen LogP contribution in [0.2, 0.25) is 0 Å². The van der Waals surface area contributed by atoms with Gasteiger partial charge in [0.2, 0.25) is 0 Å². The molecule has 2 aromatic carbocycles. The lowest BCUT2D eigenvalue weighted by molar-refractivity contribution is 0.156. The molecule has 0 saturated heterocycles. The average Bonchev–Trinajstić information content (AvgIpc) is 3.04. The Kier molecular flexibility index (Phi) is 4.69. The van der Waals surface area contributed by atoms with E-state index in [2.05, 4.69) is 28.6 Å². The van der Waals surface area contributed by atoms with E-state index in [9.17, 15) is 0 Å². The standard InChI is InChI=1S/C26H24F2N2.H2/c1-3-7-18-13-21(27)24(22(28)14-18)26-25-20(19-10-4-5-11-23(19)29-25)12-16(2)30(26)15-17-8-6-9-17;/h3-7,10-11,13-14,16,26,29H,8,12,15H2,1-2H3;1H/b7-3+;/t16-,26-;/m1./s1. The molecule has 0 saturated carbocycles. The smallest absolute Gasteiger partial charge is 0.131 e. The zero-order chi connectivity index (χ0) is 20.8. The molecule has 0 amide bonds. The Hall–Kier alpha value is -2.94. The van der Waals surface area contributed by atoms with Crippen molar-refractivity contribution in [2.75, 3.05) is 6.54 Å². The summed E-state index contributed by atoms with van der Waals surface area (Å²) in [6.45, 7) is 4.64. The van der Waals surface area contributed by atoms with Gasteiger partial charge in [-0.05, 0) is 61.2 Å². The van der Waals surface area contributed by atoms with Gasteiger partial charge in [-0.15, -0.1) is 5.73 Å². The summed E-state index contributed by atoms with van der Waals surface area (Å²) in [7, 11) is 0. The zero-order valence-corrected chi connectivity index (χ0v) is 17.2. The number of para-hydroxylation sites is 1. The van der Waals surface area contributed by atoms with Crippen molar-refractivity contribution in [2.24, 2.45) is 0 Å². The molecule has 2 heterocycles. The number of aromatic nitrogens is 1. The van der Waals surface area contributed by atoms with Gasteiger partial charge in [0.05, 0.1) is 6.04 Å². The third-order valence-electron chi connectivity index (χ3n) is 6.28. The molecule has 4 heteroatoms. The number of allylic oxidation sites excluding steroid dienone is 1. The quantitative estimate of drug-likeness (QED) is 0.489. The van der Waals surface area contributed by atoms with Gasteiger partial charge in [-0.1, -0.05) is 30.4 Å². The molecule has 0 spiro atoms. The van der Waals surface area contributed by atoms with E-state index in [1.807, 2.05) is 31.2 Å². The summed E-state index contributed by atoms with van der Waals surface area (Å²) >= 11 is 0. The van der Waals surface area contributed by atoms with Crippen LogP contribution >= 0.6 is 0 Å². The van der Waals surface area contributed by atoms with Crippen molar-refractivity contribution in [2.45, 2.75) is 38.8 Å². The van der Waals surface area contributed by atoms with Crippen LogP contribution in [0, 0.1) is 11.6 Å². The summed E-state index contributed by atoms with van der Waals surface area (Å²) in [5.74, 6) is -1.01. The Morgan fingerprint density at radius 2 is 1.97 bits per heavy atom. The summed E-state index contributed by atoms with van der Waals surface area (Å²) in [5.41, 5.74) is 8.13. The number of hydrogen-bond donors (Lipinski definition) is 1. The predicted molar refractivity (Wildman–Crippen MR) is 119 cm³/mol. The van der Waals surface area contributed by atoms with Gasteiger partial charge in [-0.25, -0.2) is 8.78 Å². The van der Waals surface area contributed by atoms with Crippen molar-refractivity contribution in [3.05, 3.63) is 93.9 Å². The minimum atomic E-state index is -0.509. The first-order valence-corrected chi connectivity index (χ1v) is 10.5. The lowest BCUT2D eigenvalue weighted by Crippen LogP contribution is -2.44. The number of fused-ring (bicyclic) bond motifs is 3. The fourth-order valence-corrected chi connectivity index (χ4v) is 4.80. The maximum Gasteiger partial charge on any atom is 0.131 e. The first kappa shape index (κ1) is 19.0. The minimum absolute atomic E-state index is 0. The molecule has 1 aliphatic heterocycles. The Balaban J connectivity index is 0.00000231. The van der Waals surface area contributed by atoms with Gasteiger partial charge in [0, 0.05) is 42.6 Å². The molecule has 30 heavy (non-hydrogen) atoms. The van der Waals surface area contributed by atoms with Gasteiger partial charge in [-0.3, -0.25) is 4.90 Å². The Bertz CT molecular complexity index is 1210. The van der Waals surface area contributed by atoms with Crippen LogP contribution in [0.25, 0.3) is 17.0 Å². The summed E-state index contributed by atoms with van der Waals surface area (Å²) in [5, 5.41) is 1.14. The average molecular weight is 405 g/mol. The second kappa shape index (κ2) is 7.39. The van der Waals surface area contributed by atoms with Crippen LogP contribution in [0.1, 0.15) is 50.1 Å². The number of nitrogens with zero attached hydrogens (tertiary/aromatic N) is 1. The molecule has 5 rings (SSSR count). The van der Waals surface area contributed by atoms with Gasteiger partial charge in [-0.2, -0.15) is 0 Å². The first-order chi connectivity index (χ1) is 14.6. The highest BCUT2D eigenvalue weighted by molar-refractivity contribution is 5.85. The highest BCUT2D eigenvalue weighted by Crippen LogP contribution is 2.43. The van der Waals surface area contributed by atoms with Crippen LogP contribution in [0.15, 0.2) is 59.9 Å². The van der Waals surface area contributed by atoms with E-state index in [-0.39, 0.29) is 13.0 Å². The van der Waals surface area contributed by atoms with Crippen molar-refractivity contribution in [3.63, 3.8) is 0 Å². The Morgan fingerprint density at radius 3 is 2.63 bits per heavy atom. The Labute approximate surface area is 176 Å². The van der Waals surface area contributed by atoms with Crippen LogP contribution in [0.5, 0.6) is 0 Å². The van der Waals surface area contributed by atoms with E-state index in [0.717, 1.165) is 35.0 Å². The molecule has 154 valence electrons. The molecule has 0 fully saturated rings. The molecule has 0 bridgehead atoms. The SMILES string of the molecule is C/C=C/c1cc(F)c([C@@H]2c3[nH]c4ccccc4c3C[C@@H](C)N2CC2=C=CC2)c(F)c1.[HH]. The number of rotatable bonds is 4. The second-order valence-corrected chi connectivity index (χ2v) is 8.25. The third kappa shape index (κ3) is 3.04. The van der Waals surface area contributed by atoms with Gasteiger partial charge in [0.15, 0.2) is 0 Å². The number of H-pyrrole nitrogens is 1. The second-order valence-electron chi connectivity index (χ2n) is 8.25. The largest absolute Gasteiger partial charge is 0.357 e.